The van der Waals surface area contributed by atoms with Gasteiger partial charge in [-0.15, -0.1) is 0 Å². The van der Waals surface area contributed by atoms with Gasteiger partial charge in [-0.3, -0.25) is 4.58 Å². The highest BCUT2D eigenvalue weighted by Crippen LogP contribution is 2.39. The highest BCUT2D eigenvalue weighted by atomic mass is 79.9. The Morgan fingerprint density at radius 2 is 1.93 bits per heavy atom. The fourth-order valence-electron chi connectivity index (χ4n) is 3.68. The number of nitrogens with zero attached hydrogens (tertiary/aromatic N) is 2. The summed E-state index contributed by atoms with van der Waals surface area (Å²) in [5, 5.41) is 12.3. The van der Waals surface area contributed by atoms with E-state index >= 15 is 0 Å². The zero-order chi connectivity index (χ0) is 19.8. The van der Waals surface area contributed by atoms with Crippen LogP contribution in [0.5, 0.6) is 0 Å². The van der Waals surface area contributed by atoms with Gasteiger partial charge < -0.3 is 22.1 Å². The van der Waals surface area contributed by atoms with Crippen LogP contribution in [-0.2, 0) is 15.7 Å². The van der Waals surface area contributed by atoms with Gasteiger partial charge in [0, 0.05) is 11.6 Å². The summed E-state index contributed by atoms with van der Waals surface area (Å²) in [5.74, 6) is 0.411. The number of amidine groups is 1. The average Bonchev–Trinajstić information content (AvgIpc) is 2.92. The molecule has 1 saturated carbocycles. The molecule has 1 saturated heterocycles. The van der Waals surface area contributed by atoms with Crippen molar-refractivity contribution in [3.05, 3.63) is 28.8 Å². The van der Waals surface area contributed by atoms with Crippen LogP contribution in [0.15, 0.2) is 23.1 Å². The third-order valence-electron chi connectivity index (χ3n) is 5.24. The van der Waals surface area contributed by atoms with E-state index in [9.17, 15) is 13.5 Å². The molecule has 1 unspecified atom stereocenters. The molecule has 10 heteroatoms. The van der Waals surface area contributed by atoms with Crippen molar-refractivity contribution in [2.45, 2.75) is 48.8 Å². The highest BCUT2D eigenvalue weighted by Gasteiger charge is 2.49. The van der Waals surface area contributed by atoms with Crippen molar-refractivity contribution in [3.8, 4) is 0 Å². The van der Waals surface area contributed by atoms with E-state index in [2.05, 4.69) is 4.72 Å². The van der Waals surface area contributed by atoms with E-state index in [-0.39, 0.29) is 32.9 Å². The van der Waals surface area contributed by atoms with Crippen LogP contribution in [0.2, 0.25) is 5.02 Å². The maximum Gasteiger partial charge on any atom is 0.310 e. The number of thioether (sulfide) groups is 1. The van der Waals surface area contributed by atoms with Crippen LogP contribution >= 0.6 is 23.4 Å². The third kappa shape index (κ3) is 4.70. The molecule has 1 heterocycles. The van der Waals surface area contributed by atoms with Crippen molar-refractivity contribution in [2.24, 2.45) is 0 Å². The molecular weight excluding hydrogens is 486 g/mol. The summed E-state index contributed by atoms with van der Waals surface area (Å²) in [7, 11) is 1.88. The van der Waals surface area contributed by atoms with E-state index in [1.165, 1.54) is 17.8 Å². The first-order valence-corrected chi connectivity index (χ1v) is 12.0. The van der Waals surface area contributed by atoms with E-state index in [1.807, 2.05) is 18.7 Å². The van der Waals surface area contributed by atoms with Crippen LogP contribution in [0, 0.1) is 0 Å². The third-order valence-corrected chi connectivity index (χ3v) is 8.68. The van der Waals surface area contributed by atoms with Crippen molar-refractivity contribution in [2.75, 3.05) is 26.9 Å². The van der Waals surface area contributed by atoms with Gasteiger partial charge in [0.05, 0.1) is 31.9 Å². The van der Waals surface area contributed by atoms with Crippen molar-refractivity contribution >= 4 is 38.6 Å². The molecule has 2 fully saturated rings. The van der Waals surface area contributed by atoms with Crippen molar-refractivity contribution in [1.82, 2.24) is 9.62 Å². The normalized spacial score (nSPS) is 23.6. The minimum absolute atomic E-state index is 0. The maximum atomic E-state index is 12.9. The van der Waals surface area contributed by atoms with Gasteiger partial charge in [-0.05, 0) is 36.7 Å². The van der Waals surface area contributed by atoms with Crippen LogP contribution in [0.1, 0.15) is 37.7 Å². The summed E-state index contributed by atoms with van der Waals surface area (Å²) >= 11 is 7.76. The Morgan fingerprint density at radius 1 is 1.29 bits per heavy atom. The molecule has 1 atom stereocenters. The number of nitrogens with one attached hydrogen (secondary N) is 1. The molecule has 1 aliphatic heterocycles. The van der Waals surface area contributed by atoms with Gasteiger partial charge in [-0.25, -0.2) is 18.0 Å². The van der Waals surface area contributed by atoms with Crippen molar-refractivity contribution < 1.29 is 35.1 Å². The van der Waals surface area contributed by atoms with Gasteiger partial charge in [0.2, 0.25) is 15.7 Å². The van der Waals surface area contributed by atoms with Crippen LogP contribution in [-0.4, -0.2) is 61.1 Å². The summed E-state index contributed by atoms with van der Waals surface area (Å²) in [6, 6.07) is 4.70. The molecule has 0 amide bonds. The molecule has 1 aliphatic carbocycles. The number of aliphatic hydroxyl groups is 1. The predicted octanol–water partition coefficient (Wildman–Crippen LogP) is -0.593. The molecule has 1 aromatic rings. The Bertz CT molecular complexity index is 856. The first-order valence-electron chi connectivity index (χ1n) is 9.11. The first-order chi connectivity index (χ1) is 12.6. The summed E-state index contributed by atoms with van der Waals surface area (Å²) in [5.41, 5.74) is -0.771. The van der Waals surface area contributed by atoms with Crippen molar-refractivity contribution in [1.29, 1.82) is 0 Å². The largest absolute Gasteiger partial charge is 1.00 e. The zero-order valence-corrected chi connectivity index (χ0v) is 20.3. The Balaban J connectivity index is 0.00000280. The Kier molecular flexibility index (Phi) is 7.89. The lowest BCUT2D eigenvalue weighted by atomic mass is 9.96. The van der Waals surface area contributed by atoms with Gasteiger partial charge in [-0.1, -0.05) is 36.9 Å². The van der Waals surface area contributed by atoms with E-state index in [4.69, 9.17) is 11.6 Å². The highest BCUT2D eigenvalue weighted by molar-refractivity contribution is 8.13. The second-order valence-electron chi connectivity index (χ2n) is 7.44. The van der Waals surface area contributed by atoms with Crippen LogP contribution in [0.3, 0.4) is 0 Å². The van der Waals surface area contributed by atoms with Crippen molar-refractivity contribution in [3.63, 3.8) is 0 Å². The van der Waals surface area contributed by atoms with E-state index in [0.29, 0.717) is 11.3 Å². The number of halogens is 2. The van der Waals surface area contributed by atoms with Gasteiger partial charge in [0.15, 0.2) is 0 Å². The summed E-state index contributed by atoms with van der Waals surface area (Å²) < 4.78 is 30.6. The summed E-state index contributed by atoms with van der Waals surface area (Å²) in [6.07, 6.45) is 4.91. The standard InChI is InChI=1S/C18H27ClN3O3S2.BrH/c1-21(2)17-22(3)18(23,12-26-17)13-9-10-15(19)16(11-13)27(24,25)20-14-7-5-4-6-8-14;/h9-11,14,20,23H,4-8,12H2,1-3H3;1H/q+1;/p-1. The monoisotopic (exact) mass is 511 g/mol. The smallest absolute Gasteiger partial charge is 0.310 e. The number of hydrogen-bond acceptors (Lipinski definition) is 4. The number of sulfonamides is 1. The molecular formula is C18H27BrClN3O3S2. The lowest BCUT2D eigenvalue weighted by Gasteiger charge is -2.27. The van der Waals surface area contributed by atoms with Gasteiger partial charge in [0.1, 0.15) is 4.90 Å². The Hall–Kier alpha value is -0.320. The summed E-state index contributed by atoms with van der Waals surface area (Å²) in [6.45, 7) is 0. The second kappa shape index (κ2) is 9.22. The van der Waals surface area contributed by atoms with Gasteiger partial charge in [0.25, 0.3) is 0 Å². The molecule has 6 nitrogen and oxygen atoms in total. The SMILES string of the molecule is CN1C(=[N+](C)C)SCC1(O)c1ccc(Cl)c(S(=O)(=O)NC2CCCCC2)c1.[Br-]. The van der Waals surface area contributed by atoms with Crippen LogP contribution in [0.25, 0.3) is 0 Å². The lowest BCUT2D eigenvalue weighted by molar-refractivity contribution is -0.467. The molecule has 0 spiro atoms. The molecule has 0 radical (unpaired) electrons. The second-order valence-corrected chi connectivity index (χ2v) is 10.5. The van der Waals surface area contributed by atoms with E-state index in [1.54, 1.807) is 24.1 Å². The zero-order valence-electron chi connectivity index (χ0n) is 16.3. The van der Waals surface area contributed by atoms with Gasteiger partial charge >= 0.3 is 5.17 Å². The van der Waals surface area contributed by atoms with Crippen LogP contribution < -0.4 is 21.7 Å². The minimum Gasteiger partial charge on any atom is -1.00 e. The topological polar surface area (TPSA) is 72.6 Å². The maximum absolute atomic E-state index is 12.9. The van der Waals surface area contributed by atoms with Crippen LogP contribution in [0.4, 0.5) is 0 Å². The number of benzene rings is 1. The van der Waals surface area contributed by atoms with E-state index < -0.39 is 15.7 Å². The molecule has 0 bridgehead atoms. The molecule has 28 heavy (non-hydrogen) atoms. The molecule has 3 rings (SSSR count). The predicted molar refractivity (Wildman–Crippen MR) is 110 cm³/mol. The Labute approximate surface area is 187 Å². The van der Waals surface area contributed by atoms with E-state index in [0.717, 1.165) is 37.3 Å². The molecule has 2 aliphatic rings. The molecule has 0 aromatic heterocycles. The lowest BCUT2D eigenvalue weighted by Crippen LogP contribution is -3.00. The fraction of sp³-hybridized carbons (Fsp3) is 0.611. The molecule has 1 aromatic carbocycles. The van der Waals surface area contributed by atoms with Gasteiger partial charge in [-0.2, -0.15) is 0 Å². The quantitative estimate of drug-likeness (QED) is 0.528. The Morgan fingerprint density at radius 3 is 2.50 bits per heavy atom. The molecule has 158 valence electrons. The number of rotatable bonds is 4. The fourth-order valence-corrected chi connectivity index (χ4v) is 6.81. The minimum atomic E-state index is -3.75. The number of hydrogen-bond donors (Lipinski definition) is 2. The molecule has 2 N–H and O–H groups in total. The average molecular weight is 513 g/mol. The summed E-state index contributed by atoms with van der Waals surface area (Å²) in [4.78, 5) is 1.80. The first kappa shape index (κ1) is 24.0.